The van der Waals surface area contributed by atoms with Gasteiger partial charge in [-0.05, 0) is 25.5 Å². The van der Waals surface area contributed by atoms with Crippen molar-refractivity contribution in [3.8, 4) is 5.75 Å². The molecule has 0 bridgehead atoms. The van der Waals surface area contributed by atoms with Gasteiger partial charge in [0.15, 0.2) is 11.6 Å². The zero-order valence-electron chi connectivity index (χ0n) is 8.16. The van der Waals surface area contributed by atoms with Crippen LogP contribution >= 0.6 is 0 Å². The summed E-state index contributed by atoms with van der Waals surface area (Å²) in [6, 6.07) is 2.10. The fourth-order valence-electron chi connectivity index (χ4n) is 1.32. The number of hydrogen-bond donors (Lipinski definition) is 3. The van der Waals surface area contributed by atoms with Crippen LogP contribution in [-0.4, -0.2) is 16.3 Å². The van der Waals surface area contributed by atoms with Crippen LogP contribution in [0.2, 0.25) is 0 Å². The molecule has 0 aliphatic rings. The van der Waals surface area contributed by atoms with Crippen LogP contribution in [0.4, 0.5) is 4.39 Å². The van der Waals surface area contributed by atoms with Gasteiger partial charge in [0.1, 0.15) is 0 Å². The first kappa shape index (κ1) is 10.9. The molecule has 0 fully saturated rings. The zero-order chi connectivity index (χ0) is 10.9. The summed E-state index contributed by atoms with van der Waals surface area (Å²) in [4.78, 5) is 0. The Labute approximate surface area is 82.0 Å². The molecule has 2 unspecified atom stereocenters. The normalized spacial score (nSPS) is 15.2. The summed E-state index contributed by atoms with van der Waals surface area (Å²) in [6.07, 6.45) is -1.05. The number of rotatable bonds is 2. The van der Waals surface area contributed by atoms with E-state index >= 15 is 0 Å². The molecule has 3 nitrogen and oxygen atoms in total. The number of aliphatic hydroxyl groups excluding tert-OH is 1. The smallest absolute Gasteiger partial charge is 0.165 e. The van der Waals surface area contributed by atoms with E-state index in [1.54, 1.807) is 13.8 Å². The third-order valence-corrected chi connectivity index (χ3v) is 2.18. The number of aliphatic hydroxyl groups is 1. The molecule has 0 heterocycles. The molecule has 14 heavy (non-hydrogen) atoms. The SMILES string of the molecule is Cc1ccc(F)c(O)c1C(O)C(C)N. The van der Waals surface area contributed by atoms with Crippen molar-refractivity contribution in [2.75, 3.05) is 0 Å². The van der Waals surface area contributed by atoms with E-state index in [1.807, 2.05) is 0 Å². The lowest BCUT2D eigenvalue weighted by molar-refractivity contribution is 0.148. The maximum Gasteiger partial charge on any atom is 0.165 e. The number of nitrogens with two attached hydrogens (primary N) is 1. The molecule has 0 spiro atoms. The van der Waals surface area contributed by atoms with Gasteiger partial charge in [-0.1, -0.05) is 6.07 Å². The van der Waals surface area contributed by atoms with Crippen molar-refractivity contribution in [3.05, 3.63) is 29.1 Å². The molecular weight excluding hydrogens is 185 g/mol. The van der Waals surface area contributed by atoms with E-state index in [-0.39, 0.29) is 5.56 Å². The predicted octanol–water partition coefficient (Wildman–Crippen LogP) is 1.22. The Morgan fingerprint density at radius 2 is 2.00 bits per heavy atom. The van der Waals surface area contributed by atoms with Crippen molar-refractivity contribution >= 4 is 0 Å². The number of aromatic hydroxyl groups is 1. The number of phenols is 1. The molecule has 0 amide bonds. The minimum Gasteiger partial charge on any atom is -0.505 e. The Kier molecular flexibility index (Phi) is 3.08. The summed E-state index contributed by atoms with van der Waals surface area (Å²) < 4.78 is 13.0. The molecule has 0 aliphatic heterocycles. The molecule has 4 N–H and O–H groups in total. The molecule has 78 valence electrons. The molecular formula is C10H14FNO2. The summed E-state index contributed by atoms with van der Waals surface area (Å²) in [5.74, 6) is -1.26. The number of aryl methyl sites for hydroxylation is 1. The van der Waals surface area contributed by atoms with Crippen molar-refractivity contribution in [2.24, 2.45) is 5.73 Å². The number of phenolic OH excluding ortho intramolecular Hbond substituents is 1. The Morgan fingerprint density at radius 1 is 1.43 bits per heavy atom. The van der Waals surface area contributed by atoms with E-state index in [0.717, 1.165) is 6.07 Å². The minimum atomic E-state index is -1.05. The summed E-state index contributed by atoms with van der Waals surface area (Å²) in [5.41, 5.74) is 6.26. The van der Waals surface area contributed by atoms with Crippen LogP contribution in [0.1, 0.15) is 24.2 Å². The third kappa shape index (κ3) is 1.86. The van der Waals surface area contributed by atoms with E-state index in [1.165, 1.54) is 6.07 Å². The highest BCUT2D eigenvalue weighted by Crippen LogP contribution is 2.31. The average molecular weight is 199 g/mol. The molecule has 0 aliphatic carbocycles. The number of hydrogen-bond acceptors (Lipinski definition) is 3. The monoisotopic (exact) mass is 199 g/mol. The molecule has 1 aromatic rings. The van der Waals surface area contributed by atoms with Crippen molar-refractivity contribution in [1.29, 1.82) is 0 Å². The van der Waals surface area contributed by atoms with Gasteiger partial charge in [-0.2, -0.15) is 0 Å². The van der Waals surface area contributed by atoms with Crippen LogP contribution < -0.4 is 5.73 Å². The number of halogens is 1. The highest BCUT2D eigenvalue weighted by Gasteiger charge is 2.20. The largest absolute Gasteiger partial charge is 0.505 e. The predicted molar refractivity (Wildman–Crippen MR) is 51.4 cm³/mol. The first-order valence-electron chi connectivity index (χ1n) is 4.36. The average Bonchev–Trinajstić information content (AvgIpc) is 2.12. The summed E-state index contributed by atoms with van der Waals surface area (Å²) >= 11 is 0. The maximum absolute atomic E-state index is 13.0. The second-order valence-electron chi connectivity index (χ2n) is 3.43. The van der Waals surface area contributed by atoms with Crippen LogP contribution in [0.25, 0.3) is 0 Å². The molecule has 2 atom stereocenters. The molecule has 1 rings (SSSR count). The van der Waals surface area contributed by atoms with Gasteiger partial charge in [-0.3, -0.25) is 0 Å². The van der Waals surface area contributed by atoms with Crippen molar-refractivity contribution in [2.45, 2.75) is 26.0 Å². The van der Waals surface area contributed by atoms with Crippen LogP contribution in [0.3, 0.4) is 0 Å². The Bertz CT molecular complexity index is 339. The second kappa shape index (κ2) is 3.94. The summed E-state index contributed by atoms with van der Waals surface area (Å²) in [6.45, 7) is 3.27. The topological polar surface area (TPSA) is 66.5 Å². The first-order chi connectivity index (χ1) is 6.45. The van der Waals surface area contributed by atoms with Crippen molar-refractivity contribution in [1.82, 2.24) is 0 Å². The van der Waals surface area contributed by atoms with Gasteiger partial charge in [0.2, 0.25) is 0 Å². The minimum absolute atomic E-state index is 0.167. The van der Waals surface area contributed by atoms with E-state index in [2.05, 4.69) is 0 Å². The molecule has 0 aromatic heterocycles. The highest BCUT2D eigenvalue weighted by molar-refractivity contribution is 5.41. The lowest BCUT2D eigenvalue weighted by Crippen LogP contribution is -2.25. The maximum atomic E-state index is 13.0. The van der Waals surface area contributed by atoms with Crippen LogP contribution in [0.5, 0.6) is 5.75 Å². The van der Waals surface area contributed by atoms with Gasteiger partial charge in [-0.25, -0.2) is 4.39 Å². The fraction of sp³-hybridized carbons (Fsp3) is 0.400. The summed E-state index contributed by atoms with van der Waals surface area (Å²) in [7, 11) is 0. The van der Waals surface area contributed by atoms with Crippen LogP contribution in [0, 0.1) is 12.7 Å². The van der Waals surface area contributed by atoms with Gasteiger partial charge < -0.3 is 15.9 Å². The van der Waals surface area contributed by atoms with Gasteiger partial charge in [-0.15, -0.1) is 0 Å². The van der Waals surface area contributed by atoms with E-state index in [9.17, 15) is 14.6 Å². The second-order valence-corrected chi connectivity index (χ2v) is 3.43. The zero-order valence-corrected chi connectivity index (χ0v) is 8.16. The van der Waals surface area contributed by atoms with Crippen LogP contribution in [-0.2, 0) is 0 Å². The van der Waals surface area contributed by atoms with Crippen LogP contribution in [0.15, 0.2) is 12.1 Å². The molecule has 0 saturated heterocycles. The molecule has 0 radical (unpaired) electrons. The first-order valence-corrected chi connectivity index (χ1v) is 4.36. The fourth-order valence-corrected chi connectivity index (χ4v) is 1.32. The number of benzene rings is 1. The Balaban J connectivity index is 3.25. The Hall–Kier alpha value is -1.13. The highest BCUT2D eigenvalue weighted by atomic mass is 19.1. The van der Waals surface area contributed by atoms with E-state index in [4.69, 9.17) is 5.73 Å². The van der Waals surface area contributed by atoms with E-state index in [0.29, 0.717) is 5.56 Å². The molecule has 1 aromatic carbocycles. The standard InChI is InChI=1S/C10H14FNO2/c1-5-3-4-7(11)10(14)8(5)9(13)6(2)12/h3-4,6,9,13-14H,12H2,1-2H3. The van der Waals surface area contributed by atoms with Gasteiger partial charge >= 0.3 is 0 Å². The Morgan fingerprint density at radius 3 is 2.50 bits per heavy atom. The third-order valence-electron chi connectivity index (χ3n) is 2.18. The molecule has 4 heteroatoms. The van der Waals surface area contributed by atoms with Gasteiger partial charge in [0, 0.05) is 11.6 Å². The quantitative estimate of drug-likeness (QED) is 0.671. The van der Waals surface area contributed by atoms with Crippen molar-refractivity contribution < 1.29 is 14.6 Å². The van der Waals surface area contributed by atoms with Gasteiger partial charge in [0.25, 0.3) is 0 Å². The van der Waals surface area contributed by atoms with Gasteiger partial charge in [0.05, 0.1) is 6.10 Å². The van der Waals surface area contributed by atoms with E-state index < -0.39 is 23.7 Å². The summed E-state index contributed by atoms with van der Waals surface area (Å²) in [5, 5.41) is 19.0. The lowest BCUT2D eigenvalue weighted by Gasteiger charge is -2.18. The van der Waals surface area contributed by atoms with Crippen molar-refractivity contribution in [3.63, 3.8) is 0 Å². The lowest BCUT2D eigenvalue weighted by atomic mass is 9.98. The molecule has 0 saturated carbocycles.